The van der Waals surface area contributed by atoms with Crippen LogP contribution in [0.2, 0.25) is 0 Å². The van der Waals surface area contributed by atoms with Crippen molar-refractivity contribution in [1.82, 2.24) is 5.32 Å². The topological polar surface area (TPSA) is 116 Å². The van der Waals surface area contributed by atoms with Gasteiger partial charge in [0.1, 0.15) is 12.1 Å². The lowest BCUT2D eigenvalue weighted by Gasteiger charge is -2.19. The molecule has 0 radical (unpaired) electrons. The minimum absolute atomic E-state index is 0.0997. The molecule has 1 unspecified atom stereocenters. The molecule has 0 fully saturated rings. The molecule has 26 heavy (non-hydrogen) atoms. The van der Waals surface area contributed by atoms with E-state index in [1.807, 2.05) is 0 Å². The largest absolute Gasteiger partial charge is 0.504 e. The molecule has 0 saturated heterocycles. The third-order valence-corrected chi connectivity index (χ3v) is 3.75. The van der Waals surface area contributed by atoms with Crippen LogP contribution >= 0.6 is 0 Å². The second-order valence-corrected chi connectivity index (χ2v) is 5.91. The van der Waals surface area contributed by atoms with E-state index in [1.54, 1.807) is 37.3 Å². The van der Waals surface area contributed by atoms with E-state index in [0.717, 1.165) is 0 Å². The number of carbonyl (C=O) groups excluding carboxylic acids is 1. The number of carbonyl (C=O) groups is 2. The van der Waals surface area contributed by atoms with E-state index in [-0.39, 0.29) is 24.5 Å². The number of rotatable bonds is 8. The second kappa shape index (κ2) is 8.87. The number of esters is 1. The second-order valence-electron chi connectivity index (χ2n) is 5.91. The molecule has 0 amide bonds. The number of hydrogen-bond donors (Lipinski definition) is 4. The van der Waals surface area contributed by atoms with E-state index in [2.05, 4.69) is 5.32 Å². The highest BCUT2D eigenvalue weighted by molar-refractivity contribution is 5.89. The Morgan fingerprint density at radius 1 is 1.08 bits per heavy atom. The number of ether oxygens (including phenoxy) is 1. The van der Waals surface area contributed by atoms with Gasteiger partial charge in [0, 0.05) is 6.54 Å². The smallest absolute Gasteiger partial charge is 0.338 e. The Labute approximate surface area is 150 Å². The third-order valence-electron chi connectivity index (χ3n) is 3.75. The first-order chi connectivity index (χ1) is 12.4. The molecule has 0 aromatic heterocycles. The molecule has 138 valence electrons. The minimum Gasteiger partial charge on any atom is -0.504 e. The number of carboxylic acid groups (broad SMARTS) is 1. The molecular formula is C19H21NO6. The summed E-state index contributed by atoms with van der Waals surface area (Å²) < 4.78 is 5.28. The molecule has 0 heterocycles. The Bertz CT molecular complexity index is 762. The summed E-state index contributed by atoms with van der Waals surface area (Å²) in [6.07, 6.45) is -0.430. The first kappa shape index (κ1) is 19.3. The number of carboxylic acids is 1. The van der Waals surface area contributed by atoms with Crippen molar-refractivity contribution in [3.63, 3.8) is 0 Å². The standard InChI is InChI=1S/C19H21NO6/c1-12(26-19(25)14-5-3-2-4-6-14)11-20-15(18(23)24)9-13-7-8-16(21)17(22)10-13/h2-8,10,12,15,20-22H,9,11H2,1H3,(H,23,24)/t12?,15-/m1/s1. The van der Waals surface area contributed by atoms with Crippen LogP contribution in [0.15, 0.2) is 48.5 Å². The van der Waals surface area contributed by atoms with Crippen LogP contribution in [0.3, 0.4) is 0 Å². The highest BCUT2D eigenvalue weighted by Gasteiger charge is 2.20. The van der Waals surface area contributed by atoms with Crippen molar-refractivity contribution in [3.8, 4) is 11.5 Å². The monoisotopic (exact) mass is 359 g/mol. The van der Waals surface area contributed by atoms with Gasteiger partial charge in [-0.1, -0.05) is 24.3 Å². The van der Waals surface area contributed by atoms with Crippen molar-refractivity contribution in [2.45, 2.75) is 25.5 Å². The van der Waals surface area contributed by atoms with Gasteiger partial charge in [0.25, 0.3) is 0 Å². The molecule has 0 saturated carbocycles. The fourth-order valence-electron chi connectivity index (χ4n) is 2.35. The molecule has 0 aliphatic rings. The normalized spacial score (nSPS) is 13.0. The summed E-state index contributed by atoms with van der Waals surface area (Å²) in [7, 11) is 0. The molecule has 2 aromatic carbocycles. The van der Waals surface area contributed by atoms with E-state index in [9.17, 15) is 24.9 Å². The quantitative estimate of drug-likeness (QED) is 0.420. The molecule has 7 nitrogen and oxygen atoms in total. The lowest BCUT2D eigenvalue weighted by Crippen LogP contribution is -2.42. The number of phenolic OH excluding ortho intramolecular Hbond substituents is 2. The Morgan fingerprint density at radius 2 is 1.77 bits per heavy atom. The molecule has 4 N–H and O–H groups in total. The van der Waals surface area contributed by atoms with Crippen LogP contribution in [0.4, 0.5) is 0 Å². The Balaban J connectivity index is 1.90. The van der Waals surface area contributed by atoms with Crippen molar-refractivity contribution in [2.75, 3.05) is 6.54 Å². The van der Waals surface area contributed by atoms with E-state index in [0.29, 0.717) is 11.1 Å². The van der Waals surface area contributed by atoms with Crippen LogP contribution in [-0.2, 0) is 16.0 Å². The highest BCUT2D eigenvalue weighted by atomic mass is 16.5. The number of nitrogens with one attached hydrogen (secondary N) is 1. The SMILES string of the molecule is CC(CN[C@H](Cc1ccc(O)c(O)c1)C(=O)O)OC(=O)c1ccccc1. The molecule has 2 atom stereocenters. The maximum absolute atomic E-state index is 12.0. The third kappa shape index (κ3) is 5.49. The van der Waals surface area contributed by atoms with Gasteiger partial charge in [0.05, 0.1) is 5.56 Å². The van der Waals surface area contributed by atoms with Gasteiger partial charge in [0.15, 0.2) is 11.5 Å². The number of phenols is 2. The van der Waals surface area contributed by atoms with Crippen LogP contribution in [0.25, 0.3) is 0 Å². The van der Waals surface area contributed by atoms with Gasteiger partial charge < -0.3 is 25.4 Å². The van der Waals surface area contributed by atoms with E-state index in [4.69, 9.17) is 4.74 Å². The van der Waals surface area contributed by atoms with Gasteiger partial charge in [-0.3, -0.25) is 4.79 Å². The first-order valence-electron chi connectivity index (χ1n) is 8.10. The Morgan fingerprint density at radius 3 is 2.38 bits per heavy atom. The highest BCUT2D eigenvalue weighted by Crippen LogP contribution is 2.25. The van der Waals surface area contributed by atoms with E-state index in [1.165, 1.54) is 18.2 Å². The van der Waals surface area contributed by atoms with Gasteiger partial charge >= 0.3 is 11.9 Å². The minimum atomic E-state index is -1.07. The fraction of sp³-hybridized carbons (Fsp3) is 0.263. The summed E-state index contributed by atoms with van der Waals surface area (Å²) in [5, 5.41) is 31.0. The Kier molecular flexibility index (Phi) is 6.57. The van der Waals surface area contributed by atoms with E-state index >= 15 is 0 Å². The predicted octanol–water partition coefficient (Wildman–Crippen LogP) is 1.93. The molecule has 7 heteroatoms. The molecular weight excluding hydrogens is 338 g/mol. The zero-order valence-electron chi connectivity index (χ0n) is 14.3. The summed E-state index contributed by atoms with van der Waals surface area (Å²) in [5.41, 5.74) is 0.975. The lowest BCUT2D eigenvalue weighted by atomic mass is 10.1. The van der Waals surface area contributed by atoms with Crippen LogP contribution < -0.4 is 5.32 Å². The maximum Gasteiger partial charge on any atom is 0.338 e. The summed E-state index contributed by atoms with van der Waals surface area (Å²) in [6, 6.07) is 11.7. The molecule has 2 aromatic rings. The van der Waals surface area contributed by atoms with Crippen LogP contribution in [0.5, 0.6) is 11.5 Å². The van der Waals surface area contributed by atoms with Crippen molar-refractivity contribution in [1.29, 1.82) is 0 Å². The molecule has 0 bridgehead atoms. The van der Waals surface area contributed by atoms with Gasteiger partial charge in [-0.25, -0.2) is 4.79 Å². The van der Waals surface area contributed by atoms with Gasteiger partial charge in [-0.05, 0) is 43.2 Å². The Hall–Kier alpha value is -3.06. The van der Waals surface area contributed by atoms with Crippen molar-refractivity contribution in [2.24, 2.45) is 0 Å². The number of benzene rings is 2. The number of hydrogen-bond acceptors (Lipinski definition) is 6. The fourth-order valence-corrected chi connectivity index (χ4v) is 2.35. The predicted molar refractivity (Wildman–Crippen MR) is 94.2 cm³/mol. The summed E-state index contributed by atoms with van der Waals surface area (Å²) in [4.78, 5) is 23.4. The molecule has 0 aliphatic carbocycles. The molecule has 0 aliphatic heterocycles. The average Bonchev–Trinajstić information content (AvgIpc) is 2.62. The molecule has 0 spiro atoms. The number of aliphatic carboxylic acids is 1. The summed E-state index contributed by atoms with van der Waals surface area (Å²) >= 11 is 0. The van der Waals surface area contributed by atoms with E-state index < -0.39 is 24.1 Å². The van der Waals surface area contributed by atoms with Crippen LogP contribution in [0, 0.1) is 0 Å². The van der Waals surface area contributed by atoms with Crippen LogP contribution in [0.1, 0.15) is 22.8 Å². The van der Waals surface area contributed by atoms with Crippen molar-refractivity contribution in [3.05, 3.63) is 59.7 Å². The average molecular weight is 359 g/mol. The van der Waals surface area contributed by atoms with Gasteiger partial charge in [-0.15, -0.1) is 0 Å². The summed E-state index contributed by atoms with van der Waals surface area (Å²) in [5.74, 6) is -2.12. The maximum atomic E-state index is 12.0. The zero-order chi connectivity index (χ0) is 19.1. The summed E-state index contributed by atoms with van der Waals surface area (Å²) in [6.45, 7) is 1.82. The van der Waals surface area contributed by atoms with Crippen molar-refractivity contribution < 1.29 is 29.6 Å². The van der Waals surface area contributed by atoms with Crippen LogP contribution in [-0.4, -0.2) is 45.9 Å². The zero-order valence-corrected chi connectivity index (χ0v) is 14.3. The number of aromatic hydroxyl groups is 2. The first-order valence-corrected chi connectivity index (χ1v) is 8.10. The van der Waals surface area contributed by atoms with Gasteiger partial charge in [0.2, 0.25) is 0 Å². The van der Waals surface area contributed by atoms with Crippen molar-refractivity contribution >= 4 is 11.9 Å². The molecule has 2 rings (SSSR count). The van der Waals surface area contributed by atoms with Gasteiger partial charge in [-0.2, -0.15) is 0 Å². The lowest BCUT2D eigenvalue weighted by molar-refractivity contribution is -0.139.